The van der Waals surface area contributed by atoms with Crippen LogP contribution in [-0.4, -0.2) is 23.5 Å². The predicted molar refractivity (Wildman–Crippen MR) is 159 cm³/mol. The van der Waals surface area contributed by atoms with Crippen LogP contribution in [0.4, 0.5) is 15.8 Å². The number of hydrogen-bond donors (Lipinski definition) is 3. The molecule has 4 aromatic carbocycles. The highest BCUT2D eigenvalue weighted by molar-refractivity contribution is 8.00. The number of anilines is 2. The smallest absolute Gasteiger partial charge is 0.272 e. The summed E-state index contributed by atoms with van der Waals surface area (Å²) in [5.74, 6) is -1.69. The number of carbonyl (C=O) groups is 3. The maximum atomic E-state index is 13.3. The summed E-state index contributed by atoms with van der Waals surface area (Å²) in [6.07, 6.45) is 1.62. The van der Waals surface area contributed by atoms with E-state index in [1.165, 1.54) is 30.0 Å². The molecule has 40 heavy (non-hydrogen) atoms. The number of amides is 3. The minimum Gasteiger partial charge on any atom is -0.325 e. The number of rotatable bonds is 9. The molecule has 3 N–H and O–H groups in total. The Labute approximate surface area is 240 Å². The van der Waals surface area contributed by atoms with Gasteiger partial charge >= 0.3 is 0 Å². The van der Waals surface area contributed by atoms with Crippen molar-refractivity contribution < 1.29 is 18.8 Å². The van der Waals surface area contributed by atoms with E-state index in [9.17, 15) is 18.8 Å². The lowest BCUT2D eigenvalue weighted by Crippen LogP contribution is -2.30. The molecule has 9 heteroatoms. The zero-order valence-electron chi connectivity index (χ0n) is 21.4. The summed E-state index contributed by atoms with van der Waals surface area (Å²) in [7, 11) is 0. The Morgan fingerprint density at radius 2 is 1.60 bits per heavy atom. The van der Waals surface area contributed by atoms with Crippen LogP contribution in [0.25, 0.3) is 6.08 Å². The molecule has 0 fully saturated rings. The van der Waals surface area contributed by atoms with Crippen molar-refractivity contribution in [3.05, 3.63) is 130 Å². The van der Waals surface area contributed by atoms with Gasteiger partial charge < -0.3 is 16.0 Å². The second-order valence-corrected chi connectivity index (χ2v) is 10.2. The molecule has 0 spiro atoms. The van der Waals surface area contributed by atoms with Crippen molar-refractivity contribution in [3.8, 4) is 0 Å². The minimum absolute atomic E-state index is 0.0786. The van der Waals surface area contributed by atoms with Gasteiger partial charge in [0, 0.05) is 21.8 Å². The normalized spacial score (nSPS) is 11.0. The first-order valence-electron chi connectivity index (χ1n) is 12.2. The topological polar surface area (TPSA) is 87.3 Å². The molecule has 0 aliphatic heterocycles. The first-order chi connectivity index (χ1) is 19.3. The fraction of sp³-hybridized carbons (Fsp3) is 0.0645. The molecule has 4 aromatic rings. The fourth-order valence-corrected chi connectivity index (χ4v) is 4.59. The molecule has 4 rings (SSSR count). The molecule has 0 aromatic heterocycles. The summed E-state index contributed by atoms with van der Waals surface area (Å²) < 4.78 is 13.3. The number of benzene rings is 4. The lowest BCUT2D eigenvalue weighted by atomic mass is 10.1. The van der Waals surface area contributed by atoms with E-state index >= 15 is 0 Å². The van der Waals surface area contributed by atoms with Gasteiger partial charge in [-0.25, -0.2) is 4.39 Å². The molecule has 0 aliphatic carbocycles. The van der Waals surface area contributed by atoms with Crippen LogP contribution in [0.2, 0.25) is 5.02 Å². The van der Waals surface area contributed by atoms with Crippen molar-refractivity contribution in [2.45, 2.75) is 11.8 Å². The van der Waals surface area contributed by atoms with E-state index in [1.54, 1.807) is 54.6 Å². The summed E-state index contributed by atoms with van der Waals surface area (Å²) in [5.41, 5.74) is 3.16. The van der Waals surface area contributed by atoms with Crippen LogP contribution in [0, 0.1) is 12.7 Å². The summed E-state index contributed by atoms with van der Waals surface area (Å²) in [4.78, 5) is 39.2. The molecule has 0 aliphatic rings. The van der Waals surface area contributed by atoms with E-state index < -0.39 is 17.6 Å². The van der Waals surface area contributed by atoms with E-state index in [0.29, 0.717) is 16.9 Å². The van der Waals surface area contributed by atoms with Crippen molar-refractivity contribution in [1.29, 1.82) is 0 Å². The van der Waals surface area contributed by atoms with Gasteiger partial charge in [0.1, 0.15) is 11.5 Å². The number of nitrogens with one attached hydrogen (secondary N) is 3. The zero-order chi connectivity index (χ0) is 28.5. The Morgan fingerprint density at radius 1 is 0.850 bits per heavy atom. The molecule has 0 heterocycles. The Hall–Kier alpha value is -4.40. The summed E-state index contributed by atoms with van der Waals surface area (Å²) in [5, 5.41) is 8.15. The third-order valence-electron chi connectivity index (χ3n) is 5.55. The molecule has 3 amide bonds. The monoisotopic (exact) mass is 573 g/mol. The Bertz CT molecular complexity index is 1580. The van der Waals surface area contributed by atoms with Crippen molar-refractivity contribution in [2.24, 2.45) is 0 Å². The van der Waals surface area contributed by atoms with Gasteiger partial charge in [0.05, 0.1) is 10.8 Å². The first kappa shape index (κ1) is 28.6. The molecule has 202 valence electrons. The van der Waals surface area contributed by atoms with Crippen LogP contribution >= 0.6 is 23.4 Å². The third kappa shape index (κ3) is 8.30. The maximum absolute atomic E-state index is 13.3. The molecule has 0 saturated heterocycles. The average molecular weight is 574 g/mol. The van der Waals surface area contributed by atoms with E-state index in [-0.39, 0.29) is 22.4 Å². The number of carbonyl (C=O) groups excluding carboxylic acids is 3. The van der Waals surface area contributed by atoms with Gasteiger partial charge in [0.15, 0.2) is 0 Å². The summed E-state index contributed by atoms with van der Waals surface area (Å²) in [6, 6.07) is 27.2. The summed E-state index contributed by atoms with van der Waals surface area (Å²) >= 11 is 7.03. The molecule has 0 bridgehead atoms. The molecule has 0 radical (unpaired) electrons. The number of halogens is 2. The summed E-state index contributed by atoms with van der Waals surface area (Å²) in [6.45, 7) is 1.94. The van der Waals surface area contributed by atoms with Gasteiger partial charge in [-0.1, -0.05) is 65.7 Å². The van der Waals surface area contributed by atoms with Gasteiger partial charge in [-0.15, -0.1) is 11.8 Å². The standard InChI is InChI=1S/C31H25ClFN3O3S/c1-20-7-5-8-21(15-20)16-28(36-30(38)22-9-3-2-4-10-22)31(39)35-23-11-6-12-25(17-23)40-19-29(37)34-24-13-14-27(33)26(32)18-24/h2-18H,19H2,1H3,(H,34,37)(H,35,39)(H,36,38)/b28-16+. The second kappa shape index (κ2) is 13.6. The van der Waals surface area contributed by atoms with Gasteiger partial charge in [-0.2, -0.15) is 0 Å². The minimum atomic E-state index is -0.565. The first-order valence-corrected chi connectivity index (χ1v) is 13.6. The molecule has 0 unspecified atom stereocenters. The van der Waals surface area contributed by atoms with Crippen LogP contribution in [0.5, 0.6) is 0 Å². The lowest BCUT2D eigenvalue weighted by Gasteiger charge is -2.12. The van der Waals surface area contributed by atoms with Crippen LogP contribution < -0.4 is 16.0 Å². The third-order valence-corrected chi connectivity index (χ3v) is 6.83. The Kier molecular flexibility index (Phi) is 9.72. The van der Waals surface area contributed by atoms with E-state index in [4.69, 9.17) is 11.6 Å². The average Bonchev–Trinajstić information content (AvgIpc) is 2.94. The largest absolute Gasteiger partial charge is 0.325 e. The van der Waals surface area contributed by atoms with Gasteiger partial charge in [-0.05, 0) is 67.1 Å². The van der Waals surface area contributed by atoms with E-state index in [2.05, 4.69) is 16.0 Å². The highest BCUT2D eigenvalue weighted by Gasteiger charge is 2.16. The van der Waals surface area contributed by atoms with E-state index in [1.807, 2.05) is 37.3 Å². The Morgan fingerprint density at radius 3 is 2.35 bits per heavy atom. The van der Waals surface area contributed by atoms with Crippen molar-refractivity contribution in [3.63, 3.8) is 0 Å². The molecule has 0 saturated carbocycles. The highest BCUT2D eigenvalue weighted by Crippen LogP contribution is 2.24. The van der Waals surface area contributed by atoms with Crippen molar-refractivity contribution in [1.82, 2.24) is 5.32 Å². The van der Waals surface area contributed by atoms with Gasteiger partial charge in [0.25, 0.3) is 11.8 Å². The highest BCUT2D eigenvalue weighted by atomic mass is 35.5. The van der Waals surface area contributed by atoms with Crippen molar-refractivity contribution >= 4 is 58.5 Å². The quantitative estimate of drug-likeness (QED) is 0.150. The second-order valence-electron chi connectivity index (χ2n) is 8.74. The molecular weight excluding hydrogens is 549 g/mol. The zero-order valence-corrected chi connectivity index (χ0v) is 23.0. The maximum Gasteiger partial charge on any atom is 0.272 e. The fourth-order valence-electron chi connectivity index (χ4n) is 3.65. The van der Waals surface area contributed by atoms with Crippen LogP contribution in [-0.2, 0) is 9.59 Å². The van der Waals surface area contributed by atoms with Crippen LogP contribution in [0.15, 0.2) is 108 Å². The van der Waals surface area contributed by atoms with Crippen molar-refractivity contribution in [2.75, 3.05) is 16.4 Å². The predicted octanol–water partition coefficient (Wildman–Crippen LogP) is 6.93. The molecule has 6 nitrogen and oxygen atoms in total. The lowest BCUT2D eigenvalue weighted by molar-refractivity contribution is -0.114. The van der Waals surface area contributed by atoms with Crippen LogP contribution in [0.3, 0.4) is 0 Å². The molecule has 0 atom stereocenters. The Balaban J connectivity index is 1.44. The van der Waals surface area contributed by atoms with Crippen LogP contribution in [0.1, 0.15) is 21.5 Å². The SMILES string of the molecule is Cc1cccc(/C=C(/NC(=O)c2ccccc2)C(=O)Nc2cccc(SCC(=O)Nc3ccc(F)c(Cl)c3)c2)c1. The van der Waals surface area contributed by atoms with Gasteiger partial charge in [-0.3, -0.25) is 14.4 Å². The molecular formula is C31H25ClFN3O3S. The van der Waals surface area contributed by atoms with E-state index in [0.717, 1.165) is 16.0 Å². The number of hydrogen-bond acceptors (Lipinski definition) is 4. The number of aryl methyl sites for hydroxylation is 1. The number of thioether (sulfide) groups is 1. The van der Waals surface area contributed by atoms with Gasteiger partial charge in [0.2, 0.25) is 5.91 Å².